The van der Waals surface area contributed by atoms with Crippen LogP contribution in [0.1, 0.15) is 285 Å². The standard InChI is InChI=1S/C51H98O6/c1-5-7-9-11-13-15-17-18-19-24-28-32-36-40-44-51(54)57-48(45-55-49(52)42-38-34-30-26-16-14-12-10-8-6-2)46-56-50(53)43-39-35-31-27-23-21-20-22-25-29-33-37-41-47(3)4/h47-48H,5-46H2,1-4H3/t48-/m1/s1. The van der Waals surface area contributed by atoms with Gasteiger partial charge in [0.15, 0.2) is 6.10 Å². The molecule has 0 aliphatic heterocycles. The molecule has 0 bridgehead atoms. The Kier molecular flexibility index (Phi) is 44.2. The second-order valence-corrected chi connectivity index (χ2v) is 17.9. The van der Waals surface area contributed by atoms with Crippen LogP contribution in [-0.4, -0.2) is 37.2 Å². The van der Waals surface area contributed by atoms with E-state index in [4.69, 9.17) is 14.2 Å². The molecular formula is C51H98O6. The van der Waals surface area contributed by atoms with Gasteiger partial charge in [-0.1, -0.05) is 246 Å². The van der Waals surface area contributed by atoms with Crippen LogP contribution in [0.3, 0.4) is 0 Å². The monoisotopic (exact) mass is 807 g/mol. The molecule has 0 N–H and O–H groups in total. The molecule has 0 aromatic rings. The van der Waals surface area contributed by atoms with Crippen LogP contribution < -0.4 is 0 Å². The highest BCUT2D eigenvalue weighted by Crippen LogP contribution is 2.17. The van der Waals surface area contributed by atoms with Crippen LogP contribution in [0.5, 0.6) is 0 Å². The Bertz CT molecular complexity index is 857. The van der Waals surface area contributed by atoms with E-state index >= 15 is 0 Å². The number of carbonyl (C=O) groups excluding carboxylic acids is 3. The smallest absolute Gasteiger partial charge is 0.306 e. The topological polar surface area (TPSA) is 78.9 Å². The van der Waals surface area contributed by atoms with Crippen LogP contribution in [-0.2, 0) is 28.6 Å². The van der Waals surface area contributed by atoms with E-state index in [2.05, 4.69) is 27.7 Å². The summed E-state index contributed by atoms with van der Waals surface area (Å²) in [5.74, 6) is -0.0128. The molecule has 0 spiro atoms. The number of rotatable bonds is 46. The minimum absolute atomic E-state index is 0.0629. The molecule has 0 amide bonds. The maximum atomic E-state index is 12.8. The molecule has 0 rings (SSSR count). The van der Waals surface area contributed by atoms with Gasteiger partial charge in [0, 0.05) is 19.3 Å². The van der Waals surface area contributed by atoms with E-state index in [-0.39, 0.29) is 31.1 Å². The summed E-state index contributed by atoms with van der Waals surface area (Å²) in [5, 5.41) is 0. The molecule has 0 aromatic heterocycles. The molecule has 0 unspecified atom stereocenters. The molecule has 0 saturated heterocycles. The van der Waals surface area contributed by atoms with E-state index < -0.39 is 6.10 Å². The van der Waals surface area contributed by atoms with Gasteiger partial charge in [-0.15, -0.1) is 0 Å². The van der Waals surface area contributed by atoms with E-state index in [1.165, 1.54) is 180 Å². The van der Waals surface area contributed by atoms with Crippen LogP contribution in [0.15, 0.2) is 0 Å². The highest BCUT2D eigenvalue weighted by molar-refractivity contribution is 5.71. The van der Waals surface area contributed by atoms with Crippen molar-refractivity contribution in [2.75, 3.05) is 13.2 Å². The zero-order chi connectivity index (χ0) is 41.7. The second kappa shape index (κ2) is 45.5. The van der Waals surface area contributed by atoms with Gasteiger partial charge in [0.2, 0.25) is 0 Å². The molecule has 57 heavy (non-hydrogen) atoms. The molecule has 0 heterocycles. The van der Waals surface area contributed by atoms with Crippen molar-refractivity contribution >= 4 is 17.9 Å². The second-order valence-electron chi connectivity index (χ2n) is 17.9. The highest BCUT2D eigenvalue weighted by atomic mass is 16.6. The molecule has 1 atom stereocenters. The SMILES string of the molecule is CCCCCCCCCCCCCCCCC(=O)O[C@H](COC(=O)CCCCCCCCCCCC)COC(=O)CCCCCCCCCCCCCCC(C)C. The average Bonchev–Trinajstić information content (AvgIpc) is 3.19. The number of esters is 3. The maximum Gasteiger partial charge on any atom is 0.306 e. The van der Waals surface area contributed by atoms with Crippen molar-refractivity contribution in [3.63, 3.8) is 0 Å². The first-order valence-electron chi connectivity index (χ1n) is 25.4. The minimum Gasteiger partial charge on any atom is -0.462 e. The predicted molar refractivity (Wildman–Crippen MR) is 243 cm³/mol. The molecule has 6 heteroatoms. The predicted octanol–water partition coefficient (Wildman–Crippen LogP) is 16.3. The fraction of sp³-hybridized carbons (Fsp3) is 0.941. The lowest BCUT2D eigenvalue weighted by Gasteiger charge is -2.18. The van der Waals surface area contributed by atoms with Crippen molar-refractivity contribution in [3.05, 3.63) is 0 Å². The van der Waals surface area contributed by atoms with Crippen molar-refractivity contribution < 1.29 is 28.6 Å². The van der Waals surface area contributed by atoms with Gasteiger partial charge in [0.05, 0.1) is 0 Å². The summed E-state index contributed by atoms with van der Waals surface area (Å²) < 4.78 is 16.8. The van der Waals surface area contributed by atoms with Crippen molar-refractivity contribution in [1.29, 1.82) is 0 Å². The van der Waals surface area contributed by atoms with Gasteiger partial charge >= 0.3 is 17.9 Å². The van der Waals surface area contributed by atoms with Crippen LogP contribution in [0.25, 0.3) is 0 Å². The van der Waals surface area contributed by atoms with E-state index in [1.807, 2.05) is 0 Å². The summed E-state index contributed by atoms with van der Waals surface area (Å²) in [7, 11) is 0. The first kappa shape index (κ1) is 55.4. The average molecular weight is 807 g/mol. The summed E-state index contributed by atoms with van der Waals surface area (Å²) in [5.41, 5.74) is 0. The van der Waals surface area contributed by atoms with E-state index in [9.17, 15) is 14.4 Å². The number of ether oxygens (including phenoxy) is 3. The summed E-state index contributed by atoms with van der Waals surface area (Å²) in [6.07, 6.45) is 46.5. The summed E-state index contributed by atoms with van der Waals surface area (Å²) in [6, 6.07) is 0. The Morgan fingerprint density at radius 2 is 0.579 bits per heavy atom. The molecule has 6 nitrogen and oxygen atoms in total. The first-order chi connectivity index (χ1) is 27.9. The van der Waals surface area contributed by atoms with Gasteiger partial charge in [-0.25, -0.2) is 0 Å². The molecule has 0 aromatic carbocycles. The lowest BCUT2D eigenvalue weighted by molar-refractivity contribution is -0.167. The molecule has 338 valence electrons. The van der Waals surface area contributed by atoms with Gasteiger partial charge in [-0.05, 0) is 25.2 Å². The van der Waals surface area contributed by atoms with Crippen LogP contribution >= 0.6 is 0 Å². The van der Waals surface area contributed by atoms with Crippen LogP contribution in [0.2, 0.25) is 0 Å². The third kappa shape index (κ3) is 45.3. The molecule has 0 aliphatic rings. The van der Waals surface area contributed by atoms with Gasteiger partial charge in [0.25, 0.3) is 0 Å². The minimum atomic E-state index is -0.759. The lowest BCUT2D eigenvalue weighted by Crippen LogP contribution is -2.30. The summed E-state index contributed by atoms with van der Waals surface area (Å²) in [4.78, 5) is 37.9. The number of carbonyl (C=O) groups is 3. The maximum absolute atomic E-state index is 12.8. The zero-order valence-corrected chi connectivity index (χ0v) is 38.8. The number of hydrogen-bond acceptors (Lipinski definition) is 6. The van der Waals surface area contributed by atoms with Crippen LogP contribution in [0.4, 0.5) is 0 Å². The third-order valence-electron chi connectivity index (χ3n) is 11.5. The molecular weight excluding hydrogens is 709 g/mol. The molecule has 0 aliphatic carbocycles. The quantitative estimate of drug-likeness (QED) is 0.0346. The largest absolute Gasteiger partial charge is 0.462 e. The Labute approximate surface area is 355 Å². The third-order valence-corrected chi connectivity index (χ3v) is 11.5. The van der Waals surface area contributed by atoms with E-state index in [0.29, 0.717) is 19.3 Å². The normalized spacial score (nSPS) is 11.9. The molecule has 0 radical (unpaired) electrons. The highest BCUT2D eigenvalue weighted by Gasteiger charge is 2.19. The zero-order valence-electron chi connectivity index (χ0n) is 38.8. The lowest BCUT2D eigenvalue weighted by atomic mass is 10.0. The number of hydrogen-bond donors (Lipinski definition) is 0. The van der Waals surface area contributed by atoms with Gasteiger partial charge in [-0.3, -0.25) is 14.4 Å². The van der Waals surface area contributed by atoms with Gasteiger partial charge in [0.1, 0.15) is 13.2 Å². The summed E-state index contributed by atoms with van der Waals surface area (Å²) in [6.45, 7) is 9.01. The van der Waals surface area contributed by atoms with Crippen molar-refractivity contribution in [2.24, 2.45) is 5.92 Å². The Morgan fingerprint density at radius 3 is 0.860 bits per heavy atom. The summed E-state index contributed by atoms with van der Waals surface area (Å²) >= 11 is 0. The first-order valence-corrected chi connectivity index (χ1v) is 25.4. The fourth-order valence-corrected chi connectivity index (χ4v) is 7.69. The number of unbranched alkanes of at least 4 members (excludes halogenated alkanes) is 33. The van der Waals surface area contributed by atoms with Crippen LogP contribution in [0, 0.1) is 5.92 Å². The van der Waals surface area contributed by atoms with Gasteiger partial charge in [-0.2, -0.15) is 0 Å². The Balaban J connectivity index is 4.29. The molecule has 0 saturated carbocycles. The fourth-order valence-electron chi connectivity index (χ4n) is 7.69. The van der Waals surface area contributed by atoms with Crippen molar-refractivity contribution in [1.82, 2.24) is 0 Å². The Hall–Kier alpha value is -1.59. The van der Waals surface area contributed by atoms with E-state index in [1.54, 1.807) is 0 Å². The van der Waals surface area contributed by atoms with Crippen molar-refractivity contribution in [2.45, 2.75) is 291 Å². The molecule has 0 fully saturated rings. The van der Waals surface area contributed by atoms with Gasteiger partial charge < -0.3 is 14.2 Å². The van der Waals surface area contributed by atoms with Crippen molar-refractivity contribution in [3.8, 4) is 0 Å². The van der Waals surface area contributed by atoms with E-state index in [0.717, 1.165) is 63.7 Å². The Morgan fingerprint density at radius 1 is 0.333 bits per heavy atom.